The Morgan fingerprint density at radius 2 is 2.03 bits per heavy atom. The molecule has 9 heteroatoms. The lowest BCUT2D eigenvalue weighted by molar-refractivity contribution is -0.143. The van der Waals surface area contributed by atoms with Crippen LogP contribution >= 0.6 is 27.7 Å². The zero-order valence-electron chi connectivity index (χ0n) is 15.2. The Morgan fingerprint density at radius 3 is 2.72 bits per heavy atom. The third-order valence-electron chi connectivity index (χ3n) is 3.93. The van der Waals surface area contributed by atoms with Crippen LogP contribution in [0.5, 0.6) is 5.75 Å². The van der Waals surface area contributed by atoms with Gasteiger partial charge in [-0.05, 0) is 69.2 Å². The van der Waals surface area contributed by atoms with Crippen molar-refractivity contribution >= 4 is 50.9 Å². The molecule has 1 aliphatic rings. The highest BCUT2D eigenvalue weighted by Gasteiger charge is 2.36. The summed E-state index contributed by atoms with van der Waals surface area (Å²) in [5.41, 5.74) is 1.36. The number of nitrogens with zero attached hydrogens (tertiary/aromatic N) is 1. The van der Waals surface area contributed by atoms with Crippen LogP contribution in [0.4, 0.5) is 9.18 Å². The summed E-state index contributed by atoms with van der Waals surface area (Å²) < 4.78 is 24.1. The molecule has 0 spiro atoms. The Balaban J connectivity index is 1.70. The van der Waals surface area contributed by atoms with Crippen LogP contribution in [0.2, 0.25) is 0 Å². The topological polar surface area (TPSA) is 72.9 Å². The minimum atomic E-state index is -0.670. The van der Waals surface area contributed by atoms with Crippen molar-refractivity contribution in [3.05, 3.63) is 68.8 Å². The van der Waals surface area contributed by atoms with E-state index in [9.17, 15) is 18.8 Å². The molecule has 0 atom stereocenters. The Bertz CT molecular complexity index is 1010. The fraction of sp³-hybridized carbons (Fsp3) is 0.150. The van der Waals surface area contributed by atoms with Crippen molar-refractivity contribution < 1.29 is 28.2 Å². The van der Waals surface area contributed by atoms with Crippen molar-refractivity contribution in [2.75, 3.05) is 13.7 Å². The minimum absolute atomic E-state index is 0.197. The van der Waals surface area contributed by atoms with Gasteiger partial charge in [-0.2, -0.15) is 0 Å². The SMILES string of the molecule is COC(=O)CN1C(=O)S/C(=C/c2ccc(OCc3cccc(F)c3)c(Br)c2)C1=O. The molecule has 1 fully saturated rings. The second-order valence-electron chi connectivity index (χ2n) is 5.95. The first kappa shape index (κ1) is 21.1. The predicted molar refractivity (Wildman–Crippen MR) is 110 cm³/mol. The third-order valence-corrected chi connectivity index (χ3v) is 5.45. The molecule has 3 rings (SSSR count). The monoisotopic (exact) mass is 479 g/mol. The molecule has 1 saturated heterocycles. The molecule has 0 radical (unpaired) electrons. The van der Waals surface area contributed by atoms with Crippen LogP contribution in [0, 0.1) is 5.82 Å². The van der Waals surface area contributed by atoms with Crippen LogP contribution in [-0.4, -0.2) is 35.7 Å². The zero-order valence-corrected chi connectivity index (χ0v) is 17.6. The van der Waals surface area contributed by atoms with E-state index in [1.54, 1.807) is 36.4 Å². The molecule has 6 nitrogen and oxygen atoms in total. The standard InChI is InChI=1S/C20H15BrFNO5S/c1-27-18(24)10-23-19(25)17(29-20(23)26)9-12-5-6-16(15(21)8-12)28-11-13-3-2-4-14(22)7-13/h2-9H,10-11H2,1H3/b17-9+. The number of hydrogen-bond donors (Lipinski definition) is 0. The molecular weight excluding hydrogens is 465 g/mol. The van der Waals surface area contributed by atoms with Crippen molar-refractivity contribution in [1.82, 2.24) is 4.90 Å². The molecule has 0 aliphatic carbocycles. The molecule has 2 amide bonds. The van der Waals surface area contributed by atoms with Gasteiger partial charge >= 0.3 is 5.97 Å². The highest BCUT2D eigenvalue weighted by molar-refractivity contribution is 9.10. The number of halogens is 2. The lowest BCUT2D eigenvalue weighted by atomic mass is 10.2. The quantitative estimate of drug-likeness (QED) is 0.452. The van der Waals surface area contributed by atoms with E-state index in [4.69, 9.17) is 4.74 Å². The van der Waals surface area contributed by atoms with E-state index in [1.165, 1.54) is 19.2 Å². The Morgan fingerprint density at radius 1 is 1.24 bits per heavy atom. The number of imide groups is 1. The van der Waals surface area contributed by atoms with Crippen molar-refractivity contribution in [3.63, 3.8) is 0 Å². The fourth-order valence-corrected chi connectivity index (χ4v) is 3.84. The molecule has 0 aromatic heterocycles. The Kier molecular flexibility index (Phi) is 6.71. The molecule has 0 bridgehead atoms. The highest BCUT2D eigenvalue weighted by atomic mass is 79.9. The van der Waals surface area contributed by atoms with Crippen molar-refractivity contribution in [1.29, 1.82) is 0 Å². The summed E-state index contributed by atoms with van der Waals surface area (Å²) in [6.45, 7) is -0.225. The number of methoxy groups -OCH3 is 1. The summed E-state index contributed by atoms with van der Waals surface area (Å²) in [6.07, 6.45) is 1.56. The predicted octanol–water partition coefficient (Wildman–Crippen LogP) is 4.38. The smallest absolute Gasteiger partial charge is 0.325 e. The van der Waals surface area contributed by atoms with Crippen molar-refractivity contribution in [3.8, 4) is 5.75 Å². The van der Waals surface area contributed by atoms with Crippen LogP contribution in [0.25, 0.3) is 6.08 Å². The first-order chi connectivity index (χ1) is 13.9. The molecule has 2 aromatic rings. The highest BCUT2D eigenvalue weighted by Crippen LogP contribution is 2.34. The number of esters is 1. The number of hydrogen-bond acceptors (Lipinski definition) is 6. The summed E-state index contributed by atoms with van der Waals surface area (Å²) in [5.74, 6) is -1.00. The number of carbonyl (C=O) groups excluding carboxylic acids is 3. The van der Waals surface area contributed by atoms with Crippen LogP contribution in [0.1, 0.15) is 11.1 Å². The maximum absolute atomic E-state index is 13.2. The maximum Gasteiger partial charge on any atom is 0.325 e. The van der Waals surface area contributed by atoms with E-state index >= 15 is 0 Å². The third kappa shape index (κ3) is 5.24. The molecule has 150 valence electrons. The van der Waals surface area contributed by atoms with E-state index in [2.05, 4.69) is 20.7 Å². The van der Waals surface area contributed by atoms with Gasteiger partial charge in [0.2, 0.25) is 0 Å². The number of benzene rings is 2. The molecule has 0 saturated carbocycles. The second kappa shape index (κ2) is 9.23. The summed E-state index contributed by atoms with van der Waals surface area (Å²) in [7, 11) is 1.19. The average Bonchev–Trinajstić information content (AvgIpc) is 2.94. The number of amides is 2. The molecule has 1 heterocycles. The van der Waals surface area contributed by atoms with Crippen molar-refractivity contribution in [2.45, 2.75) is 6.61 Å². The van der Waals surface area contributed by atoms with E-state index in [-0.39, 0.29) is 17.3 Å². The van der Waals surface area contributed by atoms with Crippen LogP contribution < -0.4 is 4.74 Å². The largest absolute Gasteiger partial charge is 0.488 e. The van der Waals surface area contributed by atoms with Gasteiger partial charge in [-0.25, -0.2) is 4.39 Å². The van der Waals surface area contributed by atoms with Gasteiger partial charge in [0, 0.05) is 0 Å². The Hall–Kier alpha value is -2.65. The zero-order chi connectivity index (χ0) is 21.0. The van der Waals surface area contributed by atoms with E-state index in [1.807, 2.05) is 0 Å². The van der Waals surface area contributed by atoms with E-state index in [0.29, 0.717) is 21.3 Å². The number of carbonyl (C=O) groups is 3. The van der Waals surface area contributed by atoms with Crippen LogP contribution in [-0.2, 0) is 20.9 Å². The molecule has 0 N–H and O–H groups in total. The normalized spacial score (nSPS) is 15.1. The van der Waals surface area contributed by atoms with E-state index < -0.39 is 23.7 Å². The average molecular weight is 480 g/mol. The Labute approximate surface area is 178 Å². The molecule has 0 unspecified atom stereocenters. The molecular formula is C20H15BrFNO5S. The van der Waals surface area contributed by atoms with Gasteiger partial charge < -0.3 is 9.47 Å². The van der Waals surface area contributed by atoms with Crippen LogP contribution in [0.15, 0.2) is 51.8 Å². The fourth-order valence-electron chi connectivity index (χ4n) is 2.49. The van der Waals surface area contributed by atoms with Crippen LogP contribution in [0.3, 0.4) is 0 Å². The number of ether oxygens (including phenoxy) is 2. The summed E-state index contributed by atoms with van der Waals surface area (Å²) in [6, 6.07) is 11.3. The first-order valence-corrected chi connectivity index (χ1v) is 9.97. The second-order valence-corrected chi connectivity index (χ2v) is 7.80. The van der Waals surface area contributed by atoms with Gasteiger partial charge in [0.1, 0.15) is 24.7 Å². The lowest BCUT2D eigenvalue weighted by Crippen LogP contribution is -2.34. The maximum atomic E-state index is 13.2. The molecule has 2 aromatic carbocycles. The van der Waals surface area contributed by atoms with Gasteiger partial charge in [-0.1, -0.05) is 18.2 Å². The minimum Gasteiger partial charge on any atom is -0.488 e. The van der Waals surface area contributed by atoms with Gasteiger partial charge in [-0.3, -0.25) is 19.3 Å². The number of rotatable bonds is 6. The molecule has 29 heavy (non-hydrogen) atoms. The van der Waals surface area contributed by atoms with Gasteiger partial charge in [0.15, 0.2) is 0 Å². The summed E-state index contributed by atoms with van der Waals surface area (Å²) in [5, 5.41) is -0.527. The van der Waals surface area contributed by atoms with E-state index in [0.717, 1.165) is 16.7 Å². The molecule has 1 aliphatic heterocycles. The van der Waals surface area contributed by atoms with Gasteiger partial charge in [-0.15, -0.1) is 0 Å². The summed E-state index contributed by atoms with van der Waals surface area (Å²) >= 11 is 4.16. The van der Waals surface area contributed by atoms with Gasteiger partial charge in [0.05, 0.1) is 16.5 Å². The van der Waals surface area contributed by atoms with Crippen molar-refractivity contribution in [2.24, 2.45) is 0 Å². The lowest BCUT2D eigenvalue weighted by Gasteiger charge is -2.10. The first-order valence-electron chi connectivity index (χ1n) is 8.36. The summed E-state index contributed by atoms with van der Waals surface area (Å²) in [4.78, 5) is 36.7. The van der Waals surface area contributed by atoms with Gasteiger partial charge in [0.25, 0.3) is 11.1 Å². The number of thioether (sulfide) groups is 1.